The molecule has 0 saturated carbocycles. The Bertz CT molecular complexity index is 766. The van der Waals surface area contributed by atoms with Crippen LogP contribution in [0.5, 0.6) is 0 Å². The van der Waals surface area contributed by atoms with Gasteiger partial charge >= 0.3 is 0 Å². The average Bonchev–Trinajstić information content (AvgIpc) is 2.88. The maximum Gasteiger partial charge on any atom is 0.226 e. The Morgan fingerprint density at radius 3 is 2.69 bits per heavy atom. The van der Waals surface area contributed by atoms with Gasteiger partial charge in [0.15, 0.2) is 0 Å². The zero-order valence-corrected chi connectivity index (χ0v) is 16.6. The number of likely N-dealkylation sites (tertiary alicyclic amines) is 1. The summed E-state index contributed by atoms with van der Waals surface area (Å²) >= 11 is 6.02. The Morgan fingerprint density at radius 1 is 1.27 bits per heavy atom. The number of rotatable bonds is 5. The third-order valence-corrected chi connectivity index (χ3v) is 5.58. The van der Waals surface area contributed by atoms with Crippen molar-refractivity contribution in [2.24, 2.45) is 7.05 Å². The number of anilines is 1. The summed E-state index contributed by atoms with van der Waals surface area (Å²) < 4.78 is 1.99. The molecule has 0 radical (unpaired) electrons. The fraction of sp³-hybridized carbons (Fsp3) is 0.476. The van der Waals surface area contributed by atoms with Crippen LogP contribution < -0.4 is 5.32 Å². The van der Waals surface area contributed by atoms with Gasteiger partial charge in [-0.15, -0.1) is 0 Å². The minimum absolute atomic E-state index is 0.0687. The molecule has 0 spiro atoms. The van der Waals surface area contributed by atoms with Crippen LogP contribution in [0.3, 0.4) is 0 Å². The van der Waals surface area contributed by atoms with Crippen molar-refractivity contribution in [1.29, 1.82) is 0 Å². The lowest BCUT2D eigenvalue weighted by Gasteiger charge is -2.33. The zero-order chi connectivity index (χ0) is 18.7. The molecule has 1 aromatic carbocycles. The minimum atomic E-state index is 0.0687. The number of amides is 1. The molecule has 1 fully saturated rings. The standard InChI is InChI=1S/C21H28ClN3O/c1-15-14-24(3)21(20(15)17-7-9-18(22)10-8-17)23-19(26)11-13-25-12-5-4-6-16(25)2/h7-10,14,16H,4-6,11-13H2,1-3H3,(H,23,26). The Morgan fingerprint density at radius 2 is 2.00 bits per heavy atom. The summed E-state index contributed by atoms with van der Waals surface area (Å²) in [6.07, 6.45) is 6.35. The van der Waals surface area contributed by atoms with Gasteiger partial charge in [0.25, 0.3) is 0 Å². The van der Waals surface area contributed by atoms with Crippen LogP contribution in [0.15, 0.2) is 30.5 Å². The van der Waals surface area contributed by atoms with E-state index in [0.29, 0.717) is 17.5 Å². The molecular formula is C21H28ClN3O. The number of aromatic nitrogens is 1. The van der Waals surface area contributed by atoms with Crippen LogP contribution >= 0.6 is 11.6 Å². The summed E-state index contributed by atoms with van der Waals surface area (Å²) in [5.41, 5.74) is 3.26. The first-order valence-electron chi connectivity index (χ1n) is 9.41. The number of halogens is 1. The van der Waals surface area contributed by atoms with E-state index in [9.17, 15) is 4.79 Å². The second-order valence-corrected chi connectivity index (χ2v) is 7.77. The van der Waals surface area contributed by atoms with E-state index in [0.717, 1.165) is 35.6 Å². The Kier molecular flexibility index (Phi) is 6.05. The fourth-order valence-corrected chi connectivity index (χ4v) is 3.97. The van der Waals surface area contributed by atoms with Gasteiger partial charge in [-0.25, -0.2) is 0 Å². The van der Waals surface area contributed by atoms with Crippen molar-refractivity contribution in [3.8, 4) is 11.1 Å². The Balaban J connectivity index is 1.71. The number of hydrogen-bond donors (Lipinski definition) is 1. The lowest BCUT2D eigenvalue weighted by atomic mass is 10.0. The largest absolute Gasteiger partial charge is 0.337 e. The molecule has 3 rings (SSSR count). The van der Waals surface area contributed by atoms with E-state index in [1.807, 2.05) is 42.1 Å². The molecule has 1 aromatic heterocycles. The second-order valence-electron chi connectivity index (χ2n) is 7.33. The summed E-state index contributed by atoms with van der Waals surface area (Å²) in [6, 6.07) is 8.34. The SMILES string of the molecule is Cc1cn(C)c(NC(=O)CCN2CCCCC2C)c1-c1ccc(Cl)cc1. The second kappa shape index (κ2) is 8.28. The lowest BCUT2D eigenvalue weighted by Crippen LogP contribution is -2.39. The molecule has 2 heterocycles. The molecule has 1 atom stereocenters. The summed E-state index contributed by atoms with van der Waals surface area (Å²) in [6.45, 7) is 6.26. The molecule has 1 saturated heterocycles. The van der Waals surface area contributed by atoms with E-state index < -0.39 is 0 Å². The third-order valence-electron chi connectivity index (χ3n) is 5.33. The maximum absolute atomic E-state index is 12.6. The highest BCUT2D eigenvalue weighted by Crippen LogP contribution is 2.33. The van der Waals surface area contributed by atoms with Crippen LogP contribution in [0.4, 0.5) is 5.82 Å². The van der Waals surface area contributed by atoms with E-state index in [4.69, 9.17) is 11.6 Å². The number of aryl methyl sites for hydroxylation is 2. The fourth-order valence-electron chi connectivity index (χ4n) is 3.84. The molecule has 26 heavy (non-hydrogen) atoms. The number of carbonyl (C=O) groups excluding carboxylic acids is 1. The van der Waals surface area contributed by atoms with Gasteiger partial charge in [0.1, 0.15) is 5.82 Å². The van der Waals surface area contributed by atoms with E-state index in [-0.39, 0.29) is 5.91 Å². The van der Waals surface area contributed by atoms with Crippen LogP contribution in [-0.2, 0) is 11.8 Å². The topological polar surface area (TPSA) is 37.3 Å². The van der Waals surface area contributed by atoms with Crippen molar-refractivity contribution in [1.82, 2.24) is 9.47 Å². The van der Waals surface area contributed by atoms with Crippen LogP contribution in [-0.4, -0.2) is 34.5 Å². The number of piperidine rings is 1. The number of hydrogen-bond acceptors (Lipinski definition) is 2. The number of nitrogens with one attached hydrogen (secondary N) is 1. The monoisotopic (exact) mass is 373 g/mol. The molecule has 1 aliphatic heterocycles. The van der Waals surface area contributed by atoms with Gasteiger partial charge in [-0.1, -0.05) is 30.2 Å². The average molecular weight is 374 g/mol. The molecule has 1 amide bonds. The lowest BCUT2D eigenvalue weighted by molar-refractivity contribution is -0.116. The van der Waals surface area contributed by atoms with Crippen LogP contribution in [0.1, 0.15) is 38.2 Å². The first-order chi connectivity index (χ1) is 12.5. The molecule has 1 N–H and O–H groups in total. The third kappa shape index (κ3) is 4.30. The van der Waals surface area contributed by atoms with E-state index in [1.54, 1.807) is 0 Å². The van der Waals surface area contributed by atoms with Gasteiger partial charge in [0, 0.05) is 42.8 Å². The molecule has 140 valence electrons. The van der Waals surface area contributed by atoms with Gasteiger partial charge < -0.3 is 14.8 Å². The van der Waals surface area contributed by atoms with E-state index >= 15 is 0 Å². The number of nitrogens with zero attached hydrogens (tertiary/aromatic N) is 2. The smallest absolute Gasteiger partial charge is 0.226 e. The molecule has 0 aliphatic carbocycles. The highest BCUT2D eigenvalue weighted by molar-refractivity contribution is 6.30. The summed E-state index contributed by atoms with van der Waals surface area (Å²) in [5, 5.41) is 3.84. The highest BCUT2D eigenvalue weighted by Gasteiger charge is 2.20. The van der Waals surface area contributed by atoms with Crippen LogP contribution in [0.25, 0.3) is 11.1 Å². The normalized spacial score (nSPS) is 18.1. The molecule has 1 unspecified atom stereocenters. The predicted molar refractivity (Wildman–Crippen MR) is 109 cm³/mol. The molecule has 2 aromatic rings. The van der Waals surface area contributed by atoms with E-state index in [2.05, 4.69) is 24.1 Å². The number of benzene rings is 1. The zero-order valence-electron chi connectivity index (χ0n) is 15.9. The van der Waals surface area contributed by atoms with Gasteiger partial charge in [-0.05, 0) is 56.5 Å². The summed E-state index contributed by atoms with van der Waals surface area (Å²) in [4.78, 5) is 15.0. The van der Waals surface area contributed by atoms with Crippen LogP contribution in [0.2, 0.25) is 5.02 Å². The minimum Gasteiger partial charge on any atom is -0.337 e. The summed E-state index contributed by atoms with van der Waals surface area (Å²) in [5.74, 6) is 0.917. The van der Waals surface area contributed by atoms with Crippen LogP contribution in [0, 0.1) is 6.92 Å². The molecule has 1 aliphatic rings. The first-order valence-corrected chi connectivity index (χ1v) is 9.79. The molecule has 0 bridgehead atoms. The van der Waals surface area contributed by atoms with Crippen molar-refractivity contribution in [3.63, 3.8) is 0 Å². The van der Waals surface area contributed by atoms with Crippen molar-refractivity contribution in [2.75, 3.05) is 18.4 Å². The molecule has 5 heteroatoms. The molecule has 4 nitrogen and oxygen atoms in total. The maximum atomic E-state index is 12.6. The van der Waals surface area contributed by atoms with Crippen molar-refractivity contribution >= 4 is 23.3 Å². The van der Waals surface area contributed by atoms with Gasteiger partial charge in [-0.3, -0.25) is 4.79 Å². The predicted octanol–water partition coefficient (Wildman–Crippen LogP) is 4.86. The van der Waals surface area contributed by atoms with Gasteiger partial charge in [-0.2, -0.15) is 0 Å². The Hall–Kier alpha value is -1.78. The van der Waals surface area contributed by atoms with Gasteiger partial charge in [0.05, 0.1) is 0 Å². The summed E-state index contributed by atoms with van der Waals surface area (Å²) in [7, 11) is 1.97. The molecular weight excluding hydrogens is 346 g/mol. The van der Waals surface area contributed by atoms with Crippen molar-refractivity contribution in [2.45, 2.75) is 45.6 Å². The quantitative estimate of drug-likeness (QED) is 0.812. The Labute approximate surface area is 161 Å². The highest BCUT2D eigenvalue weighted by atomic mass is 35.5. The van der Waals surface area contributed by atoms with Gasteiger partial charge in [0.2, 0.25) is 5.91 Å². The van der Waals surface area contributed by atoms with E-state index in [1.165, 1.54) is 19.3 Å². The number of carbonyl (C=O) groups is 1. The van der Waals surface area contributed by atoms with Crippen molar-refractivity contribution in [3.05, 3.63) is 41.0 Å². The first kappa shape index (κ1) is 19.0. The van der Waals surface area contributed by atoms with Crippen molar-refractivity contribution < 1.29 is 4.79 Å².